The number of aromatic nitrogens is 1. The highest BCUT2D eigenvalue weighted by Crippen LogP contribution is 2.24. The fourth-order valence-electron chi connectivity index (χ4n) is 3.58. The van der Waals surface area contributed by atoms with Gasteiger partial charge in [0, 0.05) is 31.6 Å². The number of thiazole rings is 1. The molecule has 2 N–H and O–H groups in total. The monoisotopic (exact) mass is 494 g/mol. The van der Waals surface area contributed by atoms with Crippen LogP contribution in [0, 0.1) is 0 Å². The summed E-state index contributed by atoms with van der Waals surface area (Å²) in [7, 11) is 1.73. The molecule has 0 spiro atoms. The van der Waals surface area contributed by atoms with Crippen LogP contribution in [0.5, 0.6) is 0 Å². The fraction of sp³-hybridized carbons (Fsp3) is 0.476. The summed E-state index contributed by atoms with van der Waals surface area (Å²) in [5.41, 5.74) is 2.30. The number of amides is 2. The summed E-state index contributed by atoms with van der Waals surface area (Å²) in [6, 6.07) is 6.04. The molecule has 2 heterocycles. The van der Waals surface area contributed by atoms with Crippen molar-refractivity contribution in [3.8, 4) is 0 Å². The van der Waals surface area contributed by atoms with Crippen LogP contribution in [0.1, 0.15) is 52.6 Å². The Bertz CT molecular complexity index is 889. The highest BCUT2D eigenvalue weighted by atomic mass is 79.9. The summed E-state index contributed by atoms with van der Waals surface area (Å²) in [6.45, 7) is 5.05. The van der Waals surface area contributed by atoms with Crippen molar-refractivity contribution in [3.63, 3.8) is 0 Å². The second-order valence-corrected chi connectivity index (χ2v) is 9.43. The van der Waals surface area contributed by atoms with Crippen LogP contribution in [0.3, 0.4) is 0 Å². The zero-order valence-corrected chi connectivity index (χ0v) is 19.6. The largest absolute Gasteiger partial charge is 0.383 e. The first-order valence-electron chi connectivity index (χ1n) is 10.1. The molecule has 162 valence electrons. The van der Waals surface area contributed by atoms with Crippen molar-refractivity contribution in [2.75, 3.05) is 32.1 Å². The molecule has 9 heteroatoms. The van der Waals surface area contributed by atoms with Crippen LogP contribution < -0.4 is 10.6 Å². The summed E-state index contributed by atoms with van der Waals surface area (Å²) >= 11 is 4.61. The second kappa shape index (κ2) is 11.0. The Balaban J connectivity index is 1.81. The molecule has 7 nitrogen and oxygen atoms in total. The molecule has 1 atom stereocenters. The number of nitrogens with zero attached hydrogens (tertiary/aromatic N) is 2. The van der Waals surface area contributed by atoms with Crippen LogP contribution in [0.25, 0.3) is 0 Å². The Labute approximate surface area is 189 Å². The zero-order valence-electron chi connectivity index (χ0n) is 17.2. The number of nitrogens with one attached hydrogen (secondary N) is 2. The molecule has 0 saturated carbocycles. The summed E-state index contributed by atoms with van der Waals surface area (Å²) in [5, 5.41) is 7.42. The predicted molar refractivity (Wildman–Crippen MR) is 122 cm³/mol. The second-order valence-electron chi connectivity index (χ2n) is 7.30. The van der Waals surface area contributed by atoms with E-state index in [4.69, 9.17) is 4.74 Å². The summed E-state index contributed by atoms with van der Waals surface area (Å²) in [6.07, 6.45) is 3.11. The minimum Gasteiger partial charge on any atom is -0.383 e. The predicted octanol–water partition coefficient (Wildman–Crippen LogP) is 3.91. The van der Waals surface area contributed by atoms with Gasteiger partial charge in [0.05, 0.1) is 17.9 Å². The molecular formula is C21H27BrN4O3S. The molecule has 0 radical (unpaired) electrons. The Morgan fingerprint density at radius 1 is 1.37 bits per heavy atom. The van der Waals surface area contributed by atoms with E-state index in [9.17, 15) is 9.59 Å². The summed E-state index contributed by atoms with van der Waals surface area (Å²) in [4.78, 5) is 31.9. The third-order valence-corrected chi connectivity index (χ3v) is 6.43. The first kappa shape index (κ1) is 22.9. The number of halogens is 1. The smallest absolute Gasteiger partial charge is 0.275 e. The quantitative estimate of drug-likeness (QED) is 0.551. The molecule has 0 aliphatic carbocycles. The van der Waals surface area contributed by atoms with Crippen LogP contribution >= 0.6 is 27.3 Å². The van der Waals surface area contributed by atoms with Gasteiger partial charge in [-0.1, -0.05) is 13.0 Å². The third-order valence-electron chi connectivity index (χ3n) is 5.06. The van der Waals surface area contributed by atoms with E-state index >= 15 is 0 Å². The van der Waals surface area contributed by atoms with Crippen molar-refractivity contribution < 1.29 is 14.3 Å². The maximum Gasteiger partial charge on any atom is 0.275 e. The first-order chi connectivity index (χ1) is 14.5. The minimum atomic E-state index is -0.339. The van der Waals surface area contributed by atoms with E-state index in [1.807, 2.05) is 19.1 Å². The van der Waals surface area contributed by atoms with Crippen molar-refractivity contribution in [2.45, 2.75) is 38.8 Å². The molecule has 1 aliphatic rings. The van der Waals surface area contributed by atoms with Crippen molar-refractivity contribution in [1.82, 2.24) is 15.2 Å². The van der Waals surface area contributed by atoms with Gasteiger partial charge >= 0.3 is 0 Å². The van der Waals surface area contributed by atoms with Crippen molar-refractivity contribution in [2.24, 2.45) is 0 Å². The highest BCUT2D eigenvalue weighted by Gasteiger charge is 2.25. The lowest BCUT2D eigenvalue weighted by Gasteiger charge is -2.24. The van der Waals surface area contributed by atoms with Crippen LogP contribution in [0.2, 0.25) is 0 Å². The minimum absolute atomic E-state index is 0.191. The van der Waals surface area contributed by atoms with Gasteiger partial charge in [-0.15, -0.1) is 11.3 Å². The molecule has 0 unspecified atom stereocenters. The van der Waals surface area contributed by atoms with Crippen molar-refractivity contribution in [1.29, 1.82) is 0 Å². The molecule has 1 aromatic heterocycles. The number of rotatable bonds is 9. The van der Waals surface area contributed by atoms with Gasteiger partial charge in [-0.2, -0.15) is 0 Å². The number of ether oxygens (including phenoxy) is 1. The lowest BCUT2D eigenvalue weighted by atomic mass is 10.1. The van der Waals surface area contributed by atoms with Gasteiger partial charge in [0.25, 0.3) is 11.8 Å². The van der Waals surface area contributed by atoms with Crippen LogP contribution in [-0.4, -0.2) is 54.5 Å². The Kier molecular flexibility index (Phi) is 8.38. The molecule has 1 saturated heterocycles. The van der Waals surface area contributed by atoms with Gasteiger partial charge in [0.2, 0.25) is 0 Å². The lowest BCUT2D eigenvalue weighted by molar-refractivity contribution is 0.0954. The Morgan fingerprint density at radius 2 is 2.20 bits per heavy atom. The number of benzene rings is 1. The van der Waals surface area contributed by atoms with Gasteiger partial charge < -0.3 is 15.4 Å². The number of anilines is 1. The fourth-order valence-corrected chi connectivity index (χ4v) is 4.57. The van der Waals surface area contributed by atoms with Gasteiger partial charge in [-0.25, -0.2) is 4.98 Å². The number of carbonyl (C=O) groups is 2. The highest BCUT2D eigenvalue weighted by molar-refractivity contribution is 9.11. The number of hydrogen-bond acceptors (Lipinski definition) is 6. The maximum atomic E-state index is 12.8. The van der Waals surface area contributed by atoms with E-state index in [2.05, 4.69) is 36.4 Å². The molecule has 1 aliphatic heterocycles. The van der Waals surface area contributed by atoms with Crippen LogP contribution in [-0.2, 0) is 11.3 Å². The third kappa shape index (κ3) is 5.87. The maximum absolute atomic E-state index is 12.8. The van der Waals surface area contributed by atoms with E-state index in [-0.39, 0.29) is 11.8 Å². The standard InChI is InChI=1S/C21H27BrN4O3S/c1-3-8-23-19(27)16-10-14(11-26-9-4-5-15(26)12-29-2)6-7-17(16)24-20(28)18-13-30-21(22)25-18/h6-7,10,13,15H,3-5,8-9,11-12H2,1-2H3,(H,23,27)(H,24,28)/t15-/m1/s1. The van der Waals surface area contributed by atoms with Crippen LogP contribution in [0.15, 0.2) is 27.5 Å². The lowest BCUT2D eigenvalue weighted by Crippen LogP contribution is -2.32. The molecule has 30 heavy (non-hydrogen) atoms. The molecule has 3 rings (SSSR count). The van der Waals surface area contributed by atoms with E-state index in [0.29, 0.717) is 40.1 Å². The average Bonchev–Trinajstić information content (AvgIpc) is 3.36. The number of hydrogen-bond donors (Lipinski definition) is 2. The summed E-state index contributed by atoms with van der Waals surface area (Å²) < 4.78 is 5.98. The molecule has 1 aromatic carbocycles. The topological polar surface area (TPSA) is 83.6 Å². The normalized spacial score (nSPS) is 16.6. The van der Waals surface area contributed by atoms with E-state index in [1.165, 1.54) is 11.3 Å². The zero-order chi connectivity index (χ0) is 21.5. The summed E-state index contributed by atoms with van der Waals surface area (Å²) in [5.74, 6) is -0.530. The SMILES string of the molecule is CCCNC(=O)c1cc(CN2CCC[C@@H]2COC)ccc1NC(=O)c1csc(Br)n1. The van der Waals surface area contributed by atoms with Crippen LogP contribution in [0.4, 0.5) is 5.69 Å². The Hall–Kier alpha value is -1.81. The molecule has 2 aromatic rings. The Morgan fingerprint density at radius 3 is 2.90 bits per heavy atom. The van der Waals surface area contributed by atoms with Gasteiger partial charge in [0.1, 0.15) is 5.69 Å². The first-order valence-corrected chi connectivity index (χ1v) is 11.8. The van der Waals surface area contributed by atoms with Crippen molar-refractivity contribution >= 4 is 44.8 Å². The molecule has 1 fully saturated rings. The van der Waals surface area contributed by atoms with E-state index in [1.54, 1.807) is 18.6 Å². The van der Waals surface area contributed by atoms with E-state index < -0.39 is 0 Å². The number of methoxy groups -OCH3 is 1. The number of likely N-dealkylation sites (tertiary alicyclic amines) is 1. The number of carbonyl (C=O) groups excluding carboxylic acids is 2. The van der Waals surface area contributed by atoms with E-state index in [0.717, 1.165) is 37.9 Å². The van der Waals surface area contributed by atoms with Gasteiger partial charge in [-0.05, 0) is 59.4 Å². The molecule has 2 amide bonds. The average molecular weight is 495 g/mol. The van der Waals surface area contributed by atoms with Crippen molar-refractivity contribution in [3.05, 3.63) is 44.3 Å². The van der Waals surface area contributed by atoms with Gasteiger partial charge in [0.15, 0.2) is 3.92 Å². The van der Waals surface area contributed by atoms with Gasteiger partial charge in [-0.3, -0.25) is 14.5 Å². The molecule has 0 bridgehead atoms. The molecular weight excluding hydrogens is 468 g/mol.